The van der Waals surface area contributed by atoms with Crippen molar-refractivity contribution in [2.45, 2.75) is 104 Å². The van der Waals surface area contributed by atoms with E-state index in [1.165, 1.54) is 20.6 Å². The molecule has 3 aliphatic heterocycles. The minimum atomic E-state index is -0.745. The molecule has 0 spiro atoms. The second kappa shape index (κ2) is 22.3. The summed E-state index contributed by atoms with van der Waals surface area (Å²) in [6.07, 6.45) is 6.84. The first-order chi connectivity index (χ1) is 30.3. The average molecular weight is 869 g/mol. The number of H-pyrrole nitrogens is 2. The number of benzene rings is 3. The standard InChI is InChI=1S/C40H45N7O5.C3H8.C2H5NO2.C2H6O/c1-5-22(2)15-35(48)47-23(3)8-13-33(47)38-41-19-31(44-38)25-9-11-27-26(16-25)21-52-34-18-28-24(17-29(27)34)10-12-30-37(28)45-39(43-30)32-7-6-14-46(32)36(49)20-42-40(50)51-4;1-3-2;1-5-2(3)4;1-3-2/h9-12,16-19,22-23,32-33H,5-8,13-15,20-21H2,1-4H3,(H,41,44)(H,42,50)(H,43,45);3H2,1-2H3;1H3,(H2,3,4);1-2H3/t22?,23-,32?,33?;;;/m0.../s1. The molecular formula is C47H64N8O8. The van der Waals surface area contributed by atoms with Crippen molar-refractivity contribution < 1.29 is 38.1 Å². The highest BCUT2D eigenvalue weighted by Gasteiger charge is 2.37. The van der Waals surface area contributed by atoms with Crippen molar-refractivity contribution in [3.63, 3.8) is 0 Å². The Bertz CT molecular complexity index is 2360. The lowest BCUT2D eigenvalue weighted by Gasteiger charge is -2.28. The molecule has 5 aromatic rings. The van der Waals surface area contributed by atoms with E-state index in [1.807, 2.05) is 17.2 Å². The van der Waals surface area contributed by atoms with Gasteiger partial charge in [0.2, 0.25) is 11.8 Å². The Morgan fingerprint density at radius 1 is 0.921 bits per heavy atom. The number of hydrogen-bond acceptors (Lipinski definition) is 10. The molecule has 16 heteroatoms. The van der Waals surface area contributed by atoms with Crippen molar-refractivity contribution in [1.29, 1.82) is 0 Å². The highest BCUT2D eigenvalue weighted by molar-refractivity contribution is 6.07. The van der Waals surface area contributed by atoms with Gasteiger partial charge in [-0.05, 0) is 84.9 Å². The third-order valence-electron chi connectivity index (χ3n) is 11.4. The summed E-state index contributed by atoms with van der Waals surface area (Å²) in [6, 6.07) is 14.8. The van der Waals surface area contributed by atoms with Crippen molar-refractivity contribution in [2.24, 2.45) is 11.7 Å². The van der Waals surface area contributed by atoms with E-state index in [1.54, 1.807) is 19.1 Å². The highest BCUT2D eigenvalue weighted by Crippen LogP contribution is 2.43. The van der Waals surface area contributed by atoms with Crippen molar-refractivity contribution in [1.82, 2.24) is 35.1 Å². The summed E-state index contributed by atoms with van der Waals surface area (Å²) in [7, 11) is 5.75. The number of nitrogens with one attached hydrogen (secondary N) is 3. The number of likely N-dealkylation sites (tertiary alicyclic amines) is 2. The third-order valence-corrected chi connectivity index (χ3v) is 11.4. The number of imidazole rings is 2. The molecule has 3 unspecified atom stereocenters. The summed E-state index contributed by atoms with van der Waals surface area (Å²) in [5.41, 5.74) is 11.4. The maximum atomic E-state index is 13.3. The van der Waals surface area contributed by atoms with Crippen LogP contribution in [0, 0.1) is 5.92 Å². The lowest BCUT2D eigenvalue weighted by Crippen LogP contribution is -2.40. The Morgan fingerprint density at radius 3 is 2.33 bits per heavy atom. The number of methoxy groups -OCH3 is 3. The molecule has 2 saturated heterocycles. The zero-order valence-corrected chi connectivity index (χ0v) is 38.1. The Labute approximate surface area is 369 Å². The molecular weight excluding hydrogens is 805 g/mol. The molecule has 3 aromatic carbocycles. The van der Waals surface area contributed by atoms with Crippen LogP contribution in [0.2, 0.25) is 0 Å². The number of nitrogens with zero attached hydrogens (tertiary/aromatic N) is 4. The number of carbonyl (C=O) groups excluding carboxylic acids is 4. The van der Waals surface area contributed by atoms with Gasteiger partial charge in [0, 0.05) is 44.2 Å². The quantitative estimate of drug-likeness (QED) is 0.117. The minimum Gasteiger partial charge on any atom is -0.488 e. The van der Waals surface area contributed by atoms with Crippen LogP contribution < -0.4 is 15.8 Å². The maximum absolute atomic E-state index is 13.3. The molecule has 63 heavy (non-hydrogen) atoms. The van der Waals surface area contributed by atoms with E-state index >= 15 is 0 Å². The molecule has 3 aliphatic rings. The van der Waals surface area contributed by atoms with Crippen LogP contribution in [0.4, 0.5) is 9.59 Å². The van der Waals surface area contributed by atoms with Gasteiger partial charge in [-0.2, -0.15) is 0 Å². The Balaban J connectivity index is 0.000000614. The Kier molecular flexibility index (Phi) is 16.9. The molecule has 2 aromatic heterocycles. The average Bonchev–Trinajstić information content (AvgIpc) is 4.12. The predicted molar refractivity (Wildman–Crippen MR) is 243 cm³/mol. The smallest absolute Gasteiger partial charge is 0.407 e. The predicted octanol–water partition coefficient (Wildman–Crippen LogP) is 8.56. The number of rotatable bonds is 8. The largest absolute Gasteiger partial charge is 0.488 e. The number of primary amides is 1. The van der Waals surface area contributed by atoms with Gasteiger partial charge in [0.05, 0.1) is 49.2 Å². The first-order valence-electron chi connectivity index (χ1n) is 21.8. The van der Waals surface area contributed by atoms with Gasteiger partial charge in [0.25, 0.3) is 0 Å². The van der Waals surface area contributed by atoms with Crippen LogP contribution in [-0.4, -0.2) is 101 Å². The molecule has 5 N–H and O–H groups in total. The van der Waals surface area contributed by atoms with Crippen molar-refractivity contribution in [2.75, 3.05) is 41.5 Å². The normalized spacial score (nSPS) is 17.7. The number of aromatic nitrogens is 4. The van der Waals surface area contributed by atoms with E-state index in [4.69, 9.17) is 14.7 Å². The van der Waals surface area contributed by atoms with E-state index in [2.05, 4.69) is 106 Å². The van der Waals surface area contributed by atoms with Gasteiger partial charge < -0.3 is 49.8 Å². The summed E-state index contributed by atoms with van der Waals surface area (Å²) in [6.45, 7) is 11.6. The Hall–Kier alpha value is -6.16. The fraction of sp³-hybridized carbons (Fsp3) is 0.489. The topological polar surface area (TPSA) is 207 Å². The van der Waals surface area contributed by atoms with Crippen LogP contribution in [0.1, 0.15) is 109 Å². The summed E-state index contributed by atoms with van der Waals surface area (Å²) < 4.78 is 19.1. The second-order valence-corrected chi connectivity index (χ2v) is 16.2. The van der Waals surface area contributed by atoms with Crippen molar-refractivity contribution in [3.05, 3.63) is 65.9 Å². The molecule has 2 fully saturated rings. The van der Waals surface area contributed by atoms with Crippen LogP contribution in [0.5, 0.6) is 5.75 Å². The lowest BCUT2D eigenvalue weighted by molar-refractivity contribution is -0.135. The molecule has 0 radical (unpaired) electrons. The van der Waals surface area contributed by atoms with Gasteiger partial charge in [0.15, 0.2) is 0 Å². The van der Waals surface area contributed by atoms with E-state index in [9.17, 15) is 19.2 Å². The summed E-state index contributed by atoms with van der Waals surface area (Å²) in [4.78, 5) is 67.8. The Morgan fingerprint density at radius 2 is 1.65 bits per heavy atom. The van der Waals surface area contributed by atoms with Crippen molar-refractivity contribution in [3.8, 4) is 28.1 Å². The molecule has 0 saturated carbocycles. The van der Waals surface area contributed by atoms with Crippen molar-refractivity contribution >= 4 is 45.8 Å². The third kappa shape index (κ3) is 11.3. The summed E-state index contributed by atoms with van der Waals surface area (Å²) >= 11 is 0. The monoisotopic (exact) mass is 868 g/mol. The number of aromatic amines is 2. The molecule has 4 amide bonds. The summed E-state index contributed by atoms with van der Waals surface area (Å²) in [5, 5.41) is 4.51. The molecule has 4 atom stereocenters. The van der Waals surface area contributed by atoms with Crippen LogP contribution >= 0.6 is 0 Å². The second-order valence-electron chi connectivity index (χ2n) is 16.2. The van der Waals surface area contributed by atoms with E-state index in [-0.39, 0.29) is 36.5 Å². The number of hydrogen-bond donors (Lipinski definition) is 4. The first-order valence-corrected chi connectivity index (χ1v) is 21.8. The number of carbonyl (C=O) groups is 4. The fourth-order valence-electron chi connectivity index (χ4n) is 8.18. The molecule has 16 nitrogen and oxygen atoms in total. The zero-order chi connectivity index (χ0) is 45.8. The molecule has 0 aliphatic carbocycles. The van der Waals surface area contributed by atoms with Gasteiger partial charge in [-0.3, -0.25) is 9.59 Å². The number of ether oxygens (including phenoxy) is 4. The lowest BCUT2D eigenvalue weighted by atomic mass is 9.92. The number of alkyl carbamates (subject to hydrolysis) is 1. The van der Waals surface area contributed by atoms with Crippen LogP contribution in [0.25, 0.3) is 44.2 Å². The zero-order valence-electron chi connectivity index (χ0n) is 38.1. The van der Waals surface area contributed by atoms with Crippen LogP contribution in [0.3, 0.4) is 0 Å². The molecule has 8 rings (SSSR count). The first kappa shape index (κ1) is 47.9. The number of amides is 4. The van der Waals surface area contributed by atoms with Gasteiger partial charge in [-0.25, -0.2) is 19.6 Å². The minimum absolute atomic E-state index is 0.0339. The fourth-order valence-corrected chi connectivity index (χ4v) is 8.18. The van der Waals surface area contributed by atoms with E-state index < -0.39 is 12.2 Å². The van der Waals surface area contributed by atoms with Crippen LogP contribution in [0.15, 0.2) is 48.7 Å². The molecule has 0 bridgehead atoms. The SMILES string of the molecule is CCC.CCC(C)CC(=O)N1C(c2ncc(-c3ccc4c(c3)COc3cc5c(ccc6[nH]c(C7CCCN7C(=O)CNC(=O)OC)nc65)cc3-4)[nH]2)CC[C@@H]1C.COC.COC(N)=O. The maximum Gasteiger partial charge on any atom is 0.407 e. The van der Waals surface area contributed by atoms with E-state index in [0.29, 0.717) is 25.5 Å². The van der Waals surface area contributed by atoms with E-state index in [0.717, 1.165) is 99.3 Å². The van der Waals surface area contributed by atoms with Gasteiger partial charge in [-0.1, -0.05) is 58.7 Å². The van der Waals surface area contributed by atoms with Gasteiger partial charge >= 0.3 is 12.2 Å². The molecule has 5 heterocycles. The van der Waals surface area contributed by atoms with Crippen LogP contribution in [-0.2, 0) is 30.4 Å². The summed E-state index contributed by atoms with van der Waals surface area (Å²) in [5.74, 6) is 2.79. The molecule has 340 valence electrons. The number of fused-ring (bicyclic) bond motifs is 6. The van der Waals surface area contributed by atoms with Gasteiger partial charge in [-0.15, -0.1) is 0 Å². The van der Waals surface area contributed by atoms with Gasteiger partial charge in [0.1, 0.15) is 30.5 Å². The number of nitrogens with two attached hydrogens (primary N) is 1. The highest BCUT2D eigenvalue weighted by atomic mass is 16.5.